The lowest BCUT2D eigenvalue weighted by Gasteiger charge is -2.21. The fraction of sp³-hybridized carbons (Fsp3) is 0.600. The fourth-order valence-corrected chi connectivity index (χ4v) is 2.59. The fourth-order valence-electron chi connectivity index (χ4n) is 2.59. The van der Waals surface area contributed by atoms with Crippen LogP contribution >= 0.6 is 0 Å². The number of aryl methyl sites for hydroxylation is 1. The molecule has 3 nitrogen and oxygen atoms in total. The van der Waals surface area contributed by atoms with Crippen molar-refractivity contribution in [1.82, 2.24) is 4.90 Å². The van der Waals surface area contributed by atoms with Gasteiger partial charge in [-0.2, -0.15) is 0 Å². The number of rotatable bonds is 5. The van der Waals surface area contributed by atoms with Crippen molar-refractivity contribution in [2.75, 3.05) is 37.2 Å². The number of likely N-dealkylation sites (tertiary alicyclic amines) is 1. The lowest BCUT2D eigenvalue weighted by molar-refractivity contribution is 0.294. The van der Waals surface area contributed by atoms with Gasteiger partial charge in [-0.25, -0.2) is 0 Å². The van der Waals surface area contributed by atoms with Crippen molar-refractivity contribution in [3.63, 3.8) is 0 Å². The Kier molecular flexibility index (Phi) is 4.48. The number of nitrogens with zero attached hydrogens (tertiary/aromatic N) is 1. The molecule has 0 amide bonds. The minimum atomic E-state index is 0.656. The van der Waals surface area contributed by atoms with Crippen LogP contribution in [0.4, 0.5) is 11.4 Å². The van der Waals surface area contributed by atoms with Crippen molar-refractivity contribution in [3.8, 4) is 0 Å². The average Bonchev–Trinajstić information content (AvgIpc) is 2.84. The molecule has 0 bridgehead atoms. The van der Waals surface area contributed by atoms with Crippen molar-refractivity contribution in [2.45, 2.75) is 26.7 Å². The van der Waals surface area contributed by atoms with Gasteiger partial charge >= 0.3 is 0 Å². The van der Waals surface area contributed by atoms with Gasteiger partial charge in [0.15, 0.2) is 0 Å². The van der Waals surface area contributed by atoms with Crippen LogP contribution in [0, 0.1) is 12.8 Å². The highest BCUT2D eigenvalue weighted by Gasteiger charge is 2.14. The number of nitrogens with one attached hydrogen (secondary N) is 1. The molecule has 0 radical (unpaired) electrons. The lowest BCUT2D eigenvalue weighted by atomic mass is 10.1. The molecule has 1 atom stereocenters. The smallest absolute Gasteiger partial charge is 0.0579 e. The van der Waals surface area contributed by atoms with Crippen LogP contribution in [0.5, 0.6) is 0 Å². The Bertz CT molecular complexity index is 383. The van der Waals surface area contributed by atoms with E-state index in [0.29, 0.717) is 5.92 Å². The van der Waals surface area contributed by atoms with E-state index in [2.05, 4.69) is 29.3 Å². The first kappa shape index (κ1) is 13.2. The molecule has 1 aliphatic rings. The second-order valence-electron chi connectivity index (χ2n) is 5.53. The van der Waals surface area contributed by atoms with Crippen molar-refractivity contribution in [2.24, 2.45) is 5.92 Å². The molecule has 0 saturated carbocycles. The summed E-state index contributed by atoms with van der Waals surface area (Å²) in [6.07, 6.45) is 2.73. The Morgan fingerprint density at radius 3 is 2.78 bits per heavy atom. The summed E-state index contributed by atoms with van der Waals surface area (Å²) in [5.41, 5.74) is 9.16. The monoisotopic (exact) mass is 247 g/mol. The summed E-state index contributed by atoms with van der Waals surface area (Å²) >= 11 is 0. The SMILES string of the molecule is Cc1cccc(NCC(C)CN2CCCC2)c1N. The molecule has 2 rings (SSSR count). The Balaban J connectivity index is 1.81. The van der Waals surface area contributed by atoms with Gasteiger partial charge in [-0.3, -0.25) is 0 Å². The molecule has 0 spiro atoms. The number of hydrogen-bond donors (Lipinski definition) is 2. The second kappa shape index (κ2) is 6.10. The van der Waals surface area contributed by atoms with Crippen LogP contribution in [0.1, 0.15) is 25.3 Å². The van der Waals surface area contributed by atoms with Gasteiger partial charge in [-0.15, -0.1) is 0 Å². The molecule has 3 heteroatoms. The van der Waals surface area contributed by atoms with E-state index >= 15 is 0 Å². The number of nitrogen functional groups attached to an aromatic ring is 1. The topological polar surface area (TPSA) is 41.3 Å². The third-order valence-corrected chi connectivity index (χ3v) is 3.73. The van der Waals surface area contributed by atoms with Gasteiger partial charge in [0.05, 0.1) is 11.4 Å². The van der Waals surface area contributed by atoms with Crippen LogP contribution in [0.15, 0.2) is 18.2 Å². The second-order valence-corrected chi connectivity index (χ2v) is 5.53. The highest BCUT2D eigenvalue weighted by atomic mass is 15.1. The van der Waals surface area contributed by atoms with Crippen molar-refractivity contribution >= 4 is 11.4 Å². The first-order valence-corrected chi connectivity index (χ1v) is 6.98. The van der Waals surface area contributed by atoms with Gasteiger partial charge in [-0.05, 0) is 50.4 Å². The van der Waals surface area contributed by atoms with E-state index < -0.39 is 0 Å². The maximum Gasteiger partial charge on any atom is 0.0579 e. The Labute approximate surface area is 110 Å². The number of benzene rings is 1. The summed E-state index contributed by atoms with van der Waals surface area (Å²) in [6, 6.07) is 6.16. The standard InChI is InChI=1S/C15H25N3/c1-12(11-18-8-3-4-9-18)10-17-14-7-5-6-13(2)15(14)16/h5-7,12,17H,3-4,8-11,16H2,1-2H3. The molecule has 1 saturated heterocycles. The summed E-state index contributed by atoms with van der Waals surface area (Å²) in [6.45, 7) is 9.09. The zero-order valence-electron chi connectivity index (χ0n) is 11.6. The van der Waals surface area contributed by atoms with Gasteiger partial charge in [0.2, 0.25) is 0 Å². The van der Waals surface area contributed by atoms with Crippen LogP contribution in [0.3, 0.4) is 0 Å². The van der Waals surface area contributed by atoms with Gasteiger partial charge in [0.1, 0.15) is 0 Å². The molecule has 3 N–H and O–H groups in total. The predicted molar refractivity (Wildman–Crippen MR) is 78.9 cm³/mol. The summed E-state index contributed by atoms with van der Waals surface area (Å²) in [7, 11) is 0. The van der Waals surface area contributed by atoms with E-state index in [1.54, 1.807) is 0 Å². The van der Waals surface area contributed by atoms with E-state index in [0.717, 1.165) is 23.5 Å². The average molecular weight is 247 g/mol. The largest absolute Gasteiger partial charge is 0.397 e. The summed E-state index contributed by atoms with van der Waals surface area (Å²) in [5, 5.41) is 3.48. The van der Waals surface area contributed by atoms with Crippen LogP contribution in [0.25, 0.3) is 0 Å². The van der Waals surface area contributed by atoms with Crippen molar-refractivity contribution < 1.29 is 0 Å². The number of anilines is 2. The summed E-state index contributed by atoms with van der Waals surface area (Å²) in [4.78, 5) is 2.56. The third kappa shape index (κ3) is 3.39. The first-order valence-electron chi connectivity index (χ1n) is 6.98. The van der Waals surface area contributed by atoms with Crippen LogP contribution in [0.2, 0.25) is 0 Å². The maximum absolute atomic E-state index is 6.06. The molecular formula is C15H25N3. The molecule has 1 aliphatic heterocycles. The minimum absolute atomic E-state index is 0.656. The van der Waals surface area contributed by atoms with Crippen LogP contribution < -0.4 is 11.1 Å². The Hall–Kier alpha value is -1.22. The van der Waals surface area contributed by atoms with Gasteiger partial charge in [0.25, 0.3) is 0 Å². The zero-order chi connectivity index (χ0) is 13.0. The highest BCUT2D eigenvalue weighted by molar-refractivity contribution is 5.69. The normalized spacial score (nSPS) is 17.9. The van der Waals surface area contributed by atoms with E-state index in [-0.39, 0.29) is 0 Å². The van der Waals surface area contributed by atoms with Crippen LogP contribution in [-0.4, -0.2) is 31.1 Å². The summed E-state index contributed by atoms with van der Waals surface area (Å²) < 4.78 is 0. The van der Waals surface area contributed by atoms with Gasteiger partial charge in [-0.1, -0.05) is 19.1 Å². The van der Waals surface area contributed by atoms with E-state index in [9.17, 15) is 0 Å². The van der Waals surface area contributed by atoms with Crippen LogP contribution in [-0.2, 0) is 0 Å². The minimum Gasteiger partial charge on any atom is -0.397 e. The highest BCUT2D eigenvalue weighted by Crippen LogP contribution is 2.22. The Morgan fingerprint density at radius 2 is 2.06 bits per heavy atom. The van der Waals surface area contributed by atoms with E-state index in [1.165, 1.54) is 32.5 Å². The molecule has 1 heterocycles. The molecular weight excluding hydrogens is 222 g/mol. The van der Waals surface area contributed by atoms with E-state index in [1.807, 2.05) is 13.0 Å². The summed E-state index contributed by atoms with van der Waals surface area (Å²) in [5.74, 6) is 0.656. The molecule has 100 valence electrons. The van der Waals surface area contributed by atoms with Crippen molar-refractivity contribution in [3.05, 3.63) is 23.8 Å². The van der Waals surface area contributed by atoms with Gasteiger partial charge < -0.3 is 16.0 Å². The molecule has 1 aromatic rings. The van der Waals surface area contributed by atoms with E-state index in [4.69, 9.17) is 5.73 Å². The number of hydrogen-bond acceptors (Lipinski definition) is 3. The maximum atomic E-state index is 6.06. The molecule has 0 aromatic heterocycles. The number of para-hydroxylation sites is 1. The molecule has 1 fully saturated rings. The Morgan fingerprint density at radius 1 is 1.33 bits per heavy atom. The first-order chi connectivity index (χ1) is 8.66. The van der Waals surface area contributed by atoms with Crippen molar-refractivity contribution in [1.29, 1.82) is 0 Å². The molecule has 18 heavy (non-hydrogen) atoms. The lowest BCUT2D eigenvalue weighted by Crippen LogP contribution is -2.29. The molecule has 1 unspecified atom stereocenters. The quantitative estimate of drug-likeness (QED) is 0.786. The molecule has 1 aromatic carbocycles. The molecule has 0 aliphatic carbocycles. The zero-order valence-corrected chi connectivity index (χ0v) is 11.6. The van der Waals surface area contributed by atoms with Gasteiger partial charge in [0, 0.05) is 13.1 Å². The number of nitrogens with two attached hydrogens (primary N) is 1. The third-order valence-electron chi connectivity index (χ3n) is 3.73. The predicted octanol–water partition coefficient (Wildman–Crippen LogP) is 2.72.